The molecule has 2 unspecified atom stereocenters. The highest BCUT2D eigenvalue weighted by Crippen LogP contribution is 2.21. The van der Waals surface area contributed by atoms with Gasteiger partial charge in [-0.3, -0.25) is 14.9 Å². The van der Waals surface area contributed by atoms with E-state index in [1.165, 1.54) is 11.3 Å². The number of nitrogens with zero attached hydrogens (tertiary/aromatic N) is 4. The Morgan fingerprint density at radius 1 is 0.860 bits per heavy atom. The standard InChI is InChI=1S/C31H37N7O4S/c1-3-32-31(41)42-21(2)24-13-9-12-23(18-24)20-28(40)34-30-38-37-29(43-30)15-8-7-14-25-16-17-26(36-35-25)33-27(39)19-22-10-5-4-6-11-22/h4-6,9-13,16-18,21,31-32,41H,3,7-8,14-15,19-20H2,1-2H3,(H,33,36,39)(H,34,38,40). The number of carbonyl (C=O) groups excluding carboxylic acids is 2. The van der Waals surface area contributed by atoms with Crippen LogP contribution >= 0.6 is 11.3 Å². The first-order chi connectivity index (χ1) is 20.9. The van der Waals surface area contributed by atoms with E-state index in [0.717, 1.165) is 53.1 Å². The minimum atomic E-state index is -1.05. The van der Waals surface area contributed by atoms with E-state index in [9.17, 15) is 14.7 Å². The van der Waals surface area contributed by atoms with Crippen LogP contribution in [0.4, 0.5) is 10.9 Å². The minimum absolute atomic E-state index is 0.132. The van der Waals surface area contributed by atoms with Crippen LogP contribution < -0.4 is 16.0 Å². The summed E-state index contributed by atoms with van der Waals surface area (Å²) in [5.74, 6) is 0.121. The number of benzene rings is 2. The molecule has 0 radical (unpaired) electrons. The monoisotopic (exact) mass is 603 g/mol. The number of nitrogens with one attached hydrogen (secondary N) is 3. The summed E-state index contributed by atoms with van der Waals surface area (Å²) >= 11 is 1.37. The molecule has 0 fully saturated rings. The maximum absolute atomic E-state index is 12.6. The molecule has 4 N–H and O–H groups in total. The quantitative estimate of drug-likeness (QED) is 0.109. The van der Waals surface area contributed by atoms with Gasteiger partial charge in [-0.2, -0.15) is 5.10 Å². The van der Waals surface area contributed by atoms with Gasteiger partial charge in [-0.05, 0) is 61.6 Å². The van der Waals surface area contributed by atoms with Crippen LogP contribution in [0.25, 0.3) is 0 Å². The lowest BCUT2D eigenvalue weighted by atomic mass is 10.0. The first-order valence-corrected chi connectivity index (χ1v) is 15.1. The second kappa shape index (κ2) is 16.5. The van der Waals surface area contributed by atoms with Crippen molar-refractivity contribution >= 4 is 34.1 Å². The van der Waals surface area contributed by atoms with Gasteiger partial charge in [0.25, 0.3) is 0 Å². The molecule has 226 valence electrons. The smallest absolute Gasteiger partial charge is 0.230 e. The molecule has 0 saturated heterocycles. The molecular weight excluding hydrogens is 566 g/mol. The fourth-order valence-electron chi connectivity index (χ4n) is 4.32. The zero-order valence-corrected chi connectivity index (χ0v) is 25.1. The van der Waals surface area contributed by atoms with Crippen molar-refractivity contribution in [2.45, 2.75) is 64.9 Å². The molecule has 0 aliphatic carbocycles. The summed E-state index contributed by atoms with van der Waals surface area (Å²) in [6, 6.07) is 20.7. The zero-order chi connectivity index (χ0) is 30.4. The molecule has 0 bridgehead atoms. The Hall–Kier alpha value is -4.10. The summed E-state index contributed by atoms with van der Waals surface area (Å²) in [7, 11) is 0. The summed E-state index contributed by atoms with van der Waals surface area (Å²) in [5, 5.41) is 36.2. The molecule has 0 aliphatic rings. The molecule has 2 amide bonds. The predicted molar refractivity (Wildman–Crippen MR) is 165 cm³/mol. The van der Waals surface area contributed by atoms with E-state index in [1.54, 1.807) is 6.07 Å². The van der Waals surface area contributed by atoms with E-state index in [-0.39, 0.29) is 30.8 Å². The average molecular weight is 604 g/mol. The lowest BCUT2D eigenvalue weighted by Gasteiger charge is -2.19. The van der Waals surface area contributed by atoms with E-state index in [2.05, 4.69) is 36.3 Å². The van der Waals surface area contributed by atoms with Crippen LogP contribution in [0.5, 0.6) is 0 Å². The Bertz CT molecular complexity index is 1450. The molecule has 4 aromatic rings. The van der Waals surface area contributed by atoms with Gasteiger partial charge in [0.1, 0.15) is 5.01 Å². The lowest BCUT2D eigenvalue weighted by molar-refractivity contribution is -0.150. The van der Waals surface area contributed by atoms with Gasteiger partial charge < -0.3 is 20.5 Å². The fraction of sp³-hybridized carbons (Fsp3) is 0.355. The Morgan fingerprint density at radius 3 is 2.37 bits per heavy atom. The van der Waals surface area contributed by atoms with Crippen LogP contribution in [0.15, 0.2) is 66.7 Å². The Kier molecular flexibility index (Phi) is 12.2. The highest BCUT2D eigenvalue weighted by atomic mass is 32.1. The zero-order valence-electron chi connectivity index (χ0n) is 24.3. The van der Waals surface area contributed by atoms with E-state index in [4.69, 9.17) is 4.74 Å². The Balaban J connectivity index is 1.15. The van der Waals surface area contributed by atoms with Crippen molar-refractivity contribution in [3.05, 3.63) is 94.1 Å². The van der Waals surface area contributed by atoms with Crippen LogP contribution in [0.3, 0.4) is 0 Å². The summed E-state index contributed by atoms with van der Waals surface area (Å²) in [6.07, 6.45) is 2.35. The number of aliphatic hydroxyl groups is 1. The molecule has 2 atom stereocenters. The summed E-state index contributed by atoms with van der Waals surface area (Å²) < 4.78 is 5.54. The maximum atomic E-state index is 12.6. The second-order valence-electron chi connectivity index (χ2n) is 9.99. The fourth-order valence-corrected chi connectivity index (χ4v) is 5.11. The number of hydrogen-bond donors (Lipinski definition) is 4. The van der Waals surface area contributed by atoms with E-state index < -0.39 is 6.41 Å². The third-order valence-corrected chi connectivity index (χ3v) is 7.38. The first kappa shape index (κ1) is 31.8. The number of rotatable bonds is 16. The highest BCUT2D eigenvalue weighted by Gasteiger charge is 2.14. The normalized spacial score (nSPS) is 12.4. The number of aliphatic hydroxyl groups excluding tert-OH is 1. The SMILES string of the molecule is CCNC(O)OC(C)c1cccc(CC(=O)Nc2nnc(CCCCc3ccc(NC(=O)Cc4ccccc4)nn3)s2)c1. The van der Waals surface area contributed by atoms with Crippen LogP contribution in [0.2, 0.25) is 0 Å². The Morgan fingerprint density at radius 2 is 1.60 bits per heavy atom. The van der Waals surface area contributed by atoms with Gasteiger partial charge in [0, 0.05) is 6.42 Å². The van der Waals surface area contributed by atoms with Gasteiger partial charge in [0.2, 0.25) is 23.4 Å². The topological polar surface area (TPSA) is 151 Å². The third kappa shape index (κ3) is 10.9. The van der Waals surface area contributed by atoms with Gasteiger partial charge in [0.15, 0.2) is 5.82 Å². The number of anilines is 2. The summed E-state index contributed by atoms with van der Waals surface area (Å²) in [6.45, 7) is 4.32. The van der Waals surface area contributed by atoms with Crippen LogP contribution in [-0.2, 0) is 40.0 Å². The van der Waals surface area contributed by atoms with Gasteiger partial charge in [-0.25, -0.2) is 0 Å². The molecule has 2 aromatic carbocycles. The van der Waals surface area contributed by atoms with Crippen molar-refractivity contribution in [3.63, 3.8) is 0 Å². The molecule has 0 saturated carbocycles. The Labute approximate surface area is 255 Å². The number of carbonyl (C=O) groups is 2. The molecule has 2 aromatic heterocycles. The number of aryl methyl sites for hydroxylation is 2. The lowest BCUT2D eigenvalue weighted by Crippen LogP contribution is -2.32. The van der Waals surface area contributed by atoms with Crippen molar-refractivity contribution < 1.29 is 19.4 Å². The predicted octanol–water partition coefficient (Wildman–Crippen LogP) is 4.22. The minimum Gasteiger partial charge on any atom is -0.356 e. The highest BCUT2D eigenvalue weighted by molar-refractivity contribution is 7.15. The van der Waals surface area contributed by atoms with E-state index in [1.807, 2.05) is 74.5 Å². The van der Waals surface area contributed by atoms with Gasteiger partial charge in [-0.1, -0.05) is 72.9 Å². The molecule has 0 spiro atoms. The average Bonchev–Trinajstić information content (AvgIpc) is 3.43. The van der Waals surface area contributed by atoms with Crippen molar-refractivity contribution in [2.24, 2.45) is 0 Å². The number of ether oxygens (including phenoxy) is 1. The molecule has 0 aliphatic heterocycles. The maximum Gasteiger partial charge on any atom is 0.230 e. The molecule has 43 heavy (non-hydrogen) atoms. The van der Waals surface area contributed by atoms with Crippen molar-refractivity contribution in [3.8, 4) is 0 Å². The van der Waals surface area contributed by atoms with Crippen molar-refractivity contribution in [1.29, 1.82) is 0 Å². The van der Waals surface area contributed by atoms with Gasteiger partial charge in [0.05, 0.1) is 24.6 Å². The van der Waals surface area contributed by atoms with Crippen LogP contribution in [-0.4, -0.2) is 50.3 Å². The molecule has 2 heterocycles. The van der Waals surface area contributed by atoms with Gasteiger partial charge >= 0.3 is 0 Å². The number of hydrogen-bond acceptors (Lipinski definition) is 10. The van der Waals surface area contributed by atoms with Crippen molar-refractivity contribution in [1.82, 2.24) is 25.7 Å². The summed E-state index contributed by atoms with van der Waals surface area (Å²) in [4.78, 5) is 24.8. The first-order valence-electron chi connectivity index (χ1n) is 14.3. The van der Waals surface area contributed by atoms with E-state index >= 15 is 0 Å². The van der Waals surface area contributed by atoms with Gasteiger partial charge in [-0.15, -0.1) is 15.3 Å². The molecular formula is C31H37N7O4S. The van der Waals surface area contributed by atoms with Crippen LogP contribution in [0, 0.1) is 0 Å². The molecule has 11 nitrogen and oxygen atoms in total. The number of amides is 2. The summed E-state index contributed by atoms with van der Waals surface area (Å²) in [5.41, 5.74) is 3.49. The molecule has 12 heteroatoms. The molecule has 4 rings (SSSR count). The largest absolute Gasteiger partial charge is 0.356 e. The number of aromatic nitrogens is 4. The van der Waals surface area contributed by atoms with Crippen LogP contribution in [0.1, 0.15) is 60.2 Å². The van der Waals surface area contributed by atoms with E-state index in [0.29, 0.717) is 17.5 Å². The third-order valence-electron chi connectivity index (χ3n) is 6.48. The second-order valence-corrected chi connectivity index (χ2v) is 11.0. The van der Waals surface area contributed by atoms with Crippen molar-refractivity contribution in [2.75, 3.05) is 17.2 Å². The number of unbranched alkanes of at least 4 members (excludes halogenated alkanes) is 1.